The van der Waals surface area contributed by atoms with Crippen LogP contribution in [0.25, 0.3) is 11.0 Å². The van der Waals surface area contributed by atoms with Crippen LogP contribution in [0.3, 0.4) is 0 Å². The van der Waals surface area contributed by atoms with Gasteiger partial charge in [-0.25, -0.2) is 4.68 Å². The van der Waals surface area contributed by atoms with Crippen molar-refractivity contribution in [1.29, 1.82) is 0 Å². The van der Waals surface area contributed by atoms with Crippen molar-refractivity contribution in [3.8, 4) is 0 Å². The number of amides is 1. The van der Waals surface area contributed by atoms with E-state index in [4.69, 9.17) is 0 Å². The minimum absolute atomic E-state index is 0.0267. The van der Waals surface area contributed by atoms with E-state index in [0.717, 1.165) is 54.5 Å². The van der Waals surface area contributed by atoms with Crippen LogP contribution in [0, 0.1) is 5.92 Å². The van der Waals surface area contributed by atoms with E-state index in [2.05, 4.69) is 20.9 Å². The number of hydrogen-bond donors (Lipinski definition) is 2. The molecule has 2 fully saturated rings. The van der Waals surface area contributed by atoms with Crippen molar-refractivity contribution in [1.82, 2.24) is 25.6 Å². The van der Waals surface area contributed by atoms with Gasteiger partial charge in [-0.05, 0) is 61.6 Å². The summed E-state index contributed by atoms with van der Waals surface area (Å²) < 4.78 is 1.89. The maximum atomic E-state index is 12.7. The predicted molar refractivity (Wildman–Crippen MR) is 103 cm³/mol. The summed E-state index contributed by atoms with van der Waals surface area (Å²) in [6.07, 6.45) is 3.30. The molecular weight excluding hydrogens is 338 g/mol. The summed E-state index contributed by atoms with van der Waals surface area (Å²) in [5.41, 5.74) is 3.76. The van der Waals surface area contributed by atoms with Crippen molar-refractivity contribution in [2.24, 2.45) is 5.92 Å². The molecule has 138 valence electrons. The van der Waals surface area contributed by atoms with Crippen molar-refractivity contribution in [2.75, 3.05) is 13.1 Å². The van der Waals surface area contributed by atoms with Crippen molar-refractivity contribution in [2.45, 2.75) is 31.3 Å². The Balaban J connectivity index is 1.28. The Labute approximate surface area is 157 Å². The summed E-state index contributed by atoms with van der Waals surface area (Å²) in [4.78, 5) is 12.7. The normalized spacial score (nSPS) is 24.2. The van der Waals surface area contributed by atoms with E-state index < -0.39 is 0 Å². The molecule has 2 aliphatic rings. The third kappa shape index (κ3) is 3.10. The van der Waals surface area contributed by atoms with Gasteiger partial charge in [-0.15, -0.1) is 5.10 Å². The van der Waals surface area contributed by atoms with Gasteiger partial charge in [0.1, 0.15) is 5.52 Å². The van der Waals surface area contributed by atoms with Crippen LogP contribution in [0.1, 0.15) is 35.2 Å². The molecule has 2 atom stereocenters. The Morgan fingerprint density at radius 2 is 2.07 bits per heavy atom. The highest BCUT2D eigenvalue weighted by molar-refractivity contribution is 5.95. The van der Waals surface area contributed by atoms with E-state index in [1.165, 1.54) is 0 Å². The smallest absolute Gasteiger partial charge is 0.251 e. The molecule has 6 nitrogen and oxygen atoms in total. The largest absolute Gasteiger partial charge is 0.346 e. The van der Waals surface area contributed by atoms with E-state index in [0.29, 0.717) is 12.5 Å². The lowest BCUT2D eigenvalue weighted by atomic mass is 10.1. The second-order valence-corrected chi connectivity index (χ2v) is 7.75. The van der Waals surface area contributed by atoms with E-state index in [9.17, 15) is 4.79 Å². The molecule has 1 aromatic heterocycles. The highest BCUT2D eigenvalue weighted by Gasteiger charge is 2.54. The number of hydrogen-bond acceptors (Lipinski definition) is 4. The zero-order valence-electron chi connectivity index (χ0n) is 15.2. The predicted octanol–water partition coefficient (Wildman–Crippen LogP) is 2.35. The first-order chi connectivity index (χ1) is 13.2. The number of carbonyl (C=O) groups is 1. The third-order valence-electron chi connectivity index (χ3n) is 5.93. The Kier molecular flexibility index (Phi) is 3.93. The second kappa shape index (κ2) is 6.46. The molecule has 2 unspecified atom stereocenters. The second-order valence-electron chi connectivity index (χ2n) is 7.75. The highest BCUT2D eigenvalue weighted by atomic mass is 16.1. The summed E-state index contributed by atoms with van der Waals surface area (Å²) in [6, 6.07) is 15.7. The van der Waals surface area contributed by atoms with Crippen LogP contribution in [-0.4, -0.2) is 39.5 Å². The van der Waals surface area contributed by atoms with E-state index >= 15 is 0 Å². The molecule has 1 amide bonds. The van der Waals surface area contributed by atoms with Gasteiger partial charge in [0.15, 0.2) is 0 Å². The third-order valence-corrected chi connectivity index (χ3v) is 5.93. The molecule has 6 heteroatoms. The quantitative estimate of drug-likeness (QED) is 0.748. The van der Waals surface area contributed by atoms with Crippen LogP contribution in [0.2, 0.25) is 0 Å². The summed E-state index contributed by atoms with van der Waals surface area (Å²) in [5.74, 6) is 0.626. The number of nitrogens with zero attached hydrogens (tertiary/aromatic N) is 3. The average Bonchev–Trinajstić information content (AvgIpc) is 3.26. The van der Waals surface area contributed by atoms with Gasteiger partial charge >= 0.3 is 0 Å². The molecule has 2 aromatic carbocycles. The van der Waals surface area contributed by atoms with Gasteiger partial charge in [-0.1, -0.05) is 29.5 Å². The number of fused-ring (bicyclic) bond motifs is 2. The lowest BCUT2D eigenvalue weighted by Gasteiger charge is -2.18. The fraction of sp³-hybridized carbons (Fsp3) is 0.381. The fourth-order valence-electron chi connectivity index (χ4n) is 4.24. The number of aromatic nitrogens is 3. The van der Waals surface area contributed by atoms with E-state index in [1.54, 1.807) is 0 Å². The van der Waals surface area contributed by atoms with Gasteiger partial charge < -0.3 is 10.6 Å². The van der Waals surface area contributed by atoms with E-state index in [1.807, 2.05) is 53.2 Å². The van der Waals surface area contributed by atoms with Crippen molar-refractivity contribution in [3.05, 3.63) is 59.7 Å². The molecule has 1 aliphatic carbocycles. The molecule has 1 aliphatic heterocycles. The van der Waals surface area contributed by atoms with Crippen LogP contribution in [0.5, 0.6) is 0 Å². The summed E-state index contributed by atoms with van der Waals surface area (Å²) >= 11 is 0. The van der Waals surface area contributed by atoms with Crippen LogP contribution >= 0.6 is 0 Å². The van der Waals surface area contributed by atoms with Gasteiger partial charge in [0.05, 0.1) is 12.1 Å². The zero-order valence-corrected chi connectivity index (χ0v) is 15.2. The van der Waals surface area contributed by atoms with Crippen molar-refractivity contribution >= 4 is 16.9 Å². The van der Waals surface area contributed by atoms with Gasteiger partial charge in [0, 0.05) is 17.6 Å². The summed E-state index contributed by atoms with van der Waals surface area (Å²) in [7, 11) is 0. The number of rotatable bonds is 4. The molecule has 27 heavy (non-hydrogen) atoms. The molecular formula is C21H23N5O. The Hall–Kier alpha value is -2.73. The van der Waals surface area contributed by atoms with Crippen molar-refractivity contribution < 1.29 is 4.79 Å². The van der Waals surface area contributed by atoms with Gasteiger partial charge in [-0.3, -0.25) is 4.79 Å². The molecule has 2 heterocycles. The molecule has 1 saturated heterocycles. The van der Waals surface area contributed by atoms with Gasteiger partial charge in [0.25, 0.3) is 5.91 Å². The average molecular weight is 361 g/mol. The SMILES string of the molecule is O=C(NC12CCCNCC1C2)c1ccc(Cn2nnc3ccccc32)cc1. The zero-order chi connectivity index (χ0) is 18.3. The number of benzene rings is 2. The summed E-state index contributed by atoms with van der Waals surface area (Å²) in [5, 5.41) is 15.2. The number of carbonyl (C=O) groups excluding carboxylic acids is 1. The lowest BCUT2D eigenvalue weighted by molar-refractivity contribution is 0.0925. The monoisotopic (exact) mass is 361 g/mol. The minimum Gasteiger partial charge on any atom is -0.346 e. The summed E-state index contributed by atoms with van der Waals surface area (Å²) in [6.45, 7) is 2.71. The maximum absolute atomic E-state index is 12.7. The van der Waals surface area contributed by atoms with Crippen LogP contribution in [0.4, 0.5) is 0 Å². The Morgan fingerprint density at radius 3 is 2.96 bits per heavy atom. The molecule has 1 saturated carbocycles. The molecule has 2 N–H and O–H groups in total. The number of para-hydroxylation sites is 1. The number of nitrogens with one attached hydrogen (secondary N) is 2. The minimum atomic E-state index is 0.0267. The van der Waals surface area contributed by atoms with Gasteiger partial charge in [0.2, 0.25) is 0 Å². The van der Waals surface area contributed by atoms with Crippen LogP contribution < -0.4 is 10.6 Å². The molecule has 0 spiro atoms. The Morgan fingerprint density at radius 1 is 1.22 bits per heavy atom. The topological polar surface area (TPSA) is 71.8 Å². The van der Waals surface area contributed by atoms with Crippen LogP contribution in [-0.2, 0) is 6.54 Å². The fourth-order valence-corrected chi connectivity index (χ4v) is 4.24. The molecule has 0 bridgehead atoms. The van der Waals surface area contributed by atoms with Crippen molar-refractivity contribution in [3.63, 3.8) is 0 Å². The van der Waals surface area contributed by atoms with E-state index in [-0.39, 0.29) is 11.4 Å². The molecule has 0 radical (unpaired) electrons. The first-order valence-electron chi connectivity index (χ1n) is 9.64. The first-order valence-corrected chi connectivity index (χ1v) is 9.64. The van der Waals surface area contributed by atoms with Gasteiger partial charge in [-0.2, -0.15) is 0 Å². The van der Waals surface area contributed by atoms with Crippen LogP contribution in [0.15, 0.2) is 48.5 Å². The standard InChI is InChI=1S/C21H23N5O/c27-20(23-21-10-3-11-22-13-17(21)12-21)16-8-6-15(7-9-16)14-26-19-5-2-1-4-18(19)24-25-26/h1-2,4-9,17,22H,3,10-14H2,(H,23,27). The maximum Gasteiger partial charge on any atom is 0.251 e. The highest BCUT2D eigenvalue weighted by Crippen LogP contribution is 2.47. The first kappa shape index (κ1) is 16.4. The molecule has 3 aromatic rings. The Bertz CT molecular complexity index is 980. The molecule has 5 rings (SSSR count). The lowest BCUT2D eigenvalue weighted by Crippen LogP contribution is -2.38.